The zero-order chi connectivity index (χ0) is 16.3. The van der Waals surface area contributed by atoms with Gasteiger partial charge in [-0.15, -0.1) is 10.2 Å². The van der Waals surface area contributed by atoms with Crippen molar-refractivity contribution < 1.29 is 9.63 Å². The molecule has 2 aromatic carbocycles. The van der Waals surface area contributed by atoms with Gasteiger partial charge in [0.2, 0.25) is 0 Å². The van der Waals surface area contributed by atoms with Gasteiger partial charge in [0.1, 0.15) is 11.3 Å². The Kier molecular flexibility index (Phi) is 2.39. The van der Waals surface area contributed by atoms with Gasteiger partial charge in [-0.25, -0.2) is 0 Å². The summed E-state index contributed by atoms with van der Waals surface area (Å²) in [6, 6.07) is 15.0. The van der Waals surface area contributed by atoms with E-state index in [1.807, 2.05) is 34.9 Å². The number of anilines is 1. The topological polar surface area (TPSA) is 103 Å². The summed E-state index contributed by atoms with van der Waals surface area (Å²) in [5, 5.41) is 24.3. The first-order chi connectivity index (χ1) is 11.7. The van der Waals surface area contributed by atoms with E-state index in [2.05, 4.69) is 15.4 Å². The number of benzene rings is 2. The molecule has 7 heteroatoms. The van der Waals surface area contributed by atoms with Crippen LogP contribution in [0.2, 0.25) is 0 Å². The number of phenolic OH excluding ortho intramolecular Hbond substituents is 1. The third-order valence-electron chi connectivity index (χ3n) is 4.14. The lowest BCUT2D eigenvalue weighted by molar-refractivity contribution is 0.445. The highest BCUT2D eigenvalue weighted by atomic mass is 16.5. The second kappa shape index (κ2) is 4.45. The maximum Gasteiger partial charge on any atom is 0.250 e. The van der Waals surface area contributed by atoms with E-state index in [9.17, 15) is 5.11 Å². The zero-order valence-electron chi connectivity index (χ0n) is 12.3. The van der Waals surface area contributed by atoms with Crippen molar-refractivity contribution in [3.05, 3.63) is 48.5 Å². The van der Waals surface area contributed by atoms with Gasteiger partial charge in [0, 0.05) is 16.8 Å². The van der Waals surface area contributed by atoms with Crippen molar-refractivity contribution in [2.24, 2.45) is 0 Å². The Hall–Kier alpha value is -3.61. The standard InChI is InChI=1S/C17H11N5O2/c18-17-16-10(21-24-17)8-14(19-20-16)22-11-5-2-1-4-9(11)15-12(22)6-3-7-13(15)23/h1-8,23H,18H2. The maximum atomic E-state index is 10.3. The SMILES string of the molecule is Nc1onc2cc(-n3c4ccccc4c4c(O)cccc43)nnc12. The number of aromatic nitrogens is 4. The fourth-order valence-electron chi connectivity index (χ4n) is 3.12. The van der Waals surface area contributed by atoms with Crippen LogP contribution in [0.4, 0.5) is 5.88 Å². The largest absolute Gasteiger partial charge is 0.507 e. The van der Waals surface area contributed by atoms with Crippen LogP contribution >= 0.6 is 0 Å². The number of para-hydroxylation sites is 1. The molecule has 0 saturated carbocycles. The summed E-state index contributed by atoms with van der Waals surface area (Å²) in [5.41, 5.74) is 8.39. The van der Waals surface area contributed by atoms with Crippen molar-refractivity contribution in [1.29, 1.82) is 0 Å². The molecule has 3 aromatic heterocycles. The molecule has 0 amide bonds. The van der Waals surface area contributed by atoms with E-state index >= 15 is 0 Å². The minimum atomic E-state index is 0.143. The lowest BCUT2D eigenvalue weighted by Crippen LogP contribution is -1.99. The Morgan fingerprint density at radius 2 is 1.83 bits per heavy atom. The van der Waals surface area contributed by atoms with Crippen molar-refractivity contribution in [2.45, 2.75) is 0 Å². The van der Waals surface area contributed by atoms with Crippen LogP contribution in [0.15, 0.2) is 53.1 Å². The molecule has 24 heavy (non-hydrogen) atoms. The van der Waals surface area contributed by atoms with E-state index < -0.39 is 0 Å². The molecule has 3 N–H and O–H groups in total. The minimum Gasteiger partial charge on any atom is -0.507 e. The molecule has 3 heterocycles. The van der Waals surface area contributed by atoms with Crippen LogP contribution in [0.3, 0.4) is 0 Å². The van der Waals surface area contributed by atoms with Crippen molar-refractivity contribution in [3.8, 4) is 11.6 Å². The van der Waals surface area contributed by atoms with Gasteiger partial charge < -0.3 is 15.4 Å². The van der Waals surface area contributed by atoms with Crippen LogP contribution in [-0.2, 0) is 0 Å². The van der Waals surface area contributed by atoms with Crippen LogP contribution in [-0.4, -0.2) is 25.0 Å². The quantitative estimate of drug-likeness (QED) is 0.492. The summed E-state index contributed by atoms with van der Waals surface area (Å²) in [7, 11) is 0. The Bertz CT molecular complexity index is 1240. The maximum absolute atomic E-state index is 10.3. The number of hydrogen-bond acceptors (Lipinski definition) is 6. The average Bonchev–Trinajstić information content (AvgIpc) is 3.13. The second-order valence-corrected chi connectivity index (χ2v) is 5.51. The summed E-state index contributed by atoms with van der Waals surface area (Å²) in [5.74, 6) is 0.943. The Balaban J connectivity index is 1.94. The Labute approximate surface area is 134 Å². The highest BCUT2D eigenvalue weighted by Crippen LogP contribution is 2.36. The monoisotopic (exact) mass is 317 g/mol. The van der Waals surface area contributed by atoms with E-state index in [1.54, 1.807) is 18.2 Å². The third-order valence-corrected chi connectivity index (χ3v) is 4.14. The molecule has 0 saturated heterocycles. The molecule has 5 aromatic rings. The van der Waals surface area contributed by atoms with Gasteiger partial charge in [0.05, 0.1) is 11.0 Å². The number of aromatic hydroxyl groups is 1. The normalized spacial score (nSPS) is 11.7. The van der Waals surface area contributed by atoms with Crippen molar-refractivity contribution in [2.75, 3.05) is 5.73 Å². The highest BCUT2D eigenvalue weighted by Gasteiger charge is 2.17. The fraction of sp³-hybridized carbons (Fsp3) is 0. The molecule has 0 aliphatic carbocycles. The number of phenols is 1. The molecule has 0 radical (unpaired) electrons. The molecule has 0 aliphatic rings. The number of nitrogens with zero attached hydrogens (tertiary/aromatic N) is 4. The van der Waals surface area contributed by atoms with Crippen molar-refractivity contribution in [1.82, 2.24) is 19.9 Å². The van der Waals surface area contributed by atoms with Gasteiger partial charge in [-0.1, -0.05) is 29.4 Å². The van der Waals surface area contributed by atoms with Crippen LogP contribution in [0.1, 0.15) is 0 Å². The third kappa shape index (κ3) is 1.58. The predicted octanol–water partition coefficient (Wildman–Crippen LogP) is 3.00. The molecular weight excluding hydrogens is 306 g/mol. The number of nitrogens with two attached hydrogens (primary N) is 1. The fourth-order valence-corrected chi connectivity index (χ4v) is 3.12. The summed E-state index contributed by atoms with van der Waals surface area (Å²) in [6.45, 7) is 0. The Morgan fingerprint density at radius 1 is 1.00 bits per heavy atom. The summed E-state index contributed by atoms with van der Waals surface area (Å²) in [4.78, 5) is 0. The van der Waals surface area contributed by atoms with Crippen molar-refractivity contribution in [3.63, 3.8) is 0 Å². The molecule has 0 atom stereocenters. The molecular formula is C17H11N5O2. The molecule has 0 aliphatic heterocycles. The van der Waals surface area contributed by atoms with Gasteiger partial charge in [-0.3, -0.25) is 4.57 Å². The van der Waals surface area contributed by atoms with Gasteiger partial charge in [-0.05, 0) is 18.2 Å². The van der Waals surface area contributed by atoms with Gasteiger partial charge in [0.25, 0.3) is 5.88 Å². The summed E-state index contributed by atoms with van der Waals surface area (Å²) in [6.07, 6.45) is 0. The molecule has 0 spiro atoms. The number of hydrogen-bond donors (Lipinski definition) is 2. The molecule has 0 fully saturated rings. The van der Waals surface area contributed by atoms with E-state index in [4.69, 9.17) is 10.3 Å². The number of nitrogen functional groups attached to an aromatic ring is 1. The van der Waals surface area contributed by atoms with Gasteiger partial charge >= 0.3 is 0 Å². The lowest BCUT2D eigenvalue weighted by atomic mass is 10.1. The molecule has 0 bridgehead atoms. The number of rotatable bonds is 1. The lowest BCUT2D eigenvalue weighted by Gasteiger charge is -2.05. The van der Waals surface area contributed by atoms with E-state index in [1.165, 1.54) is 0 Å². The number of fused-ring (bicyclic) bond motifs is 4. The highest BCUT2D eigenvalue weighted by molar-refractivity contribution is 6.12. The first-order valence-corrected chi connectivity index (χ1v) is 7.34. The minimum absolute atomic E-state index is 0.143. The predicted molar refractivity (Wildman–Crippen MR) is 90.0 cm³/mol. The van der Waals surface area contributed by atoms with Crippen LogP contribution in [0, 0.1) is 0 Å². The average molecular weight is 317 g/mol. The first kappa shape index (κ1) is 12.9. The van der Waals surface area contributed by atoms with Gasteiger partial charge in [-0.2, -0.15) is 0 Å². The molecule has 5 rings (SSSR count). The molecule has 116 valence electrons. The Morgan fingerprint density at radius 3 is 2.75 bits per heavy atom. The first-order valence-electron chi connectivity index (χ1n) is 7.34. The van der Waals surface area contributed by atoms with Crippen molar-refractivity contribution >= 4 is 38.7 Å². The summed E-state index contributed by atoms with van der Waals surface area (Å²) < 4.78 is 6.89. The van der Waals surface area contributed by atoms with Crippen LogP contribution in [0.5, 0.6) is 5.75 Å². The van der Waals surface area contributed by atoms with Gasteiger partial charge in [0.15, 0.2) is 11.3 Å². The van der Waals surface area contributed by atoms with E-state index in [0.717, 1.165) is 21.8 Å². The second-order valence-electron chi connectivity index (χ2n) is 5.51. The van der Waals surface area contributed by atoms with E-state index in [-0.39, 0.29) is 11.6 Å². The zero-order valence-corrected chi connectivity index (χ0v) is 12.3. The van der Waals surface area contributed by atoms with E-state index in [0.29, 0.717) is 16.9 Å². The molecule has 7 nitrogen and oxygen atoms in total. The summed E-state index contributed by atoms with van der Waals surface area (Å²) >= 11 is 0. The van der Waals surface area contributed by atoms with Crippen LogP contribution < -0.4 is 5.73 Å². The molecule has 0 unspecified atom stereocenters. The van der Waals surface area contributed by atoms with Crippen LogP contribution in [0.25, 0.3) is 38.7 Å². The smallest absolute Gasteiger partial charge is 0.250 e.